The molecule has 1 atom stereocenters. The van der Waals surface area contributed by atoms with Crippen molar-refractivity contribution in [2.75, 3.05) is 32.1 Å². The molecule has 0 bridgehead atoms. The first-order valence-corrected chi connectivity index (χ1v) is 7.17. The Labute approximate surface area is 109 Å². The van der Waals surface area contributed by atoms with E-state index in [4.69, 9.17) is 11.6 Å². The lowest BCUT2D eigenvalue weighted by atomic mass is 9.94. The molecule has 0 radical (unpaired) electrons. The molecule has 2 heterocycles. The van der Waals surface area contributed by atoms with Crippen LogP contribution in [0, 0.1) is 5.41 Å². The predicted molar refractivity (Wildman–Crippen MR) is 70.3 cm³/mol. The van der Waals surface area contributed by atoms with Gasteiger partial charge in [-0.1, -0.05) is 0 Å². The minimum absolute atomic E-state index is 0.223. The Morgan fingerprint density at radius 1 is 1.29 bits per heavy atom. The summed E-state index contributed by atoms with van der Waals surface area (Å²) in [6.07, 6.45) is 3.62. The number of hydrogen-bond donors (Lipinski definition) is 0. The van der Waals surface area contributed by atoms with Gasteiger partial charge in [0.25, 0.3) is 0 Å². The van der Waals surface area contributed by atoms with E-state index in [9.17, 15) is 4.79 Å². The first-order chi connectivity index (χ1) is 8.04. The Morgan fingerprint density at radius 3 is 2.71 bits per heavy atom. The lowest BCUT2D eigenvalue weighted by Crippen LogP contribution is -2.45. The van der Waals surface area contributed by atoms with Crippen LogP contribution in [0.15, 0.2) is 0 Å². The van der Waals surface area contributed by atoms with Gasteiger partial charge in [0.2, 0.25) is 5.91 Å². The number of fused-ring (bicyclic) bond motifs is 1. The second-order valence-corrected chi connectivity index (χ2v) is 6.22. The van der Waals surface area contributed by atoms with Crippen molar-refractivity contribution in [3.8, 4) is 0 Å². The van der Waals surface area contributed by atoms with Gasteiger partial charge in [0, 0.05) is 31.6 Å². The average molecular weight is 259 g/mol. The van der Waals surface area contributed by atoms with E-state index in [0.29, 0.717) is 11.9 Å². The number of carbonyl (C=O) groups is 1. The third-order valence-corrected chi connectivity index (χ3v) is 4.67. The molecule has 17 heavy (non-hydrogen) atoms. The van der Waals surface area contributed by atoms with E-state index < -0.39 is 5.41 Å². The van der Waals surface area contributed by atoms with Crippen LogP contribution in [-0.4, -0.2) is 53.8 Å². The maximum atomic E-state index is 12.4. The Hall–Kier alpha value is -0.280. The van der Waals surface area contributed by atoms with Gasteiger partial charge in [-0.15, -0.1) is 11.6 Å². The second-order valence-electron chi connectivity index (χ2n) is 5.95. The molecule has 0 aromatic heterocycles. The van der Waals surface area contributed by atoms with Gasteiger partial charge in [-0.2, -0.15) is 0 Å². The first kappa shape index (κ1) is 13.2. The smallest absolute Gasteiger partial charge is 0.229 e. The molecule has 2 rings (SSSR count). The molecular formula is C13H23ClN2O. The van der Waals surface area contributed by atoms with E-state index in [2.05, 4.69) is 4.90 Å². The molecule has 2 aliphatic rings. The van der Waals surface area contributed by atoms with Gasteiger partial charge < -0.3 is 4.90 Å². The van der Waals surface area contributed by atoms with Crippen molar-refractivity contribution in [1.29, 1.82) is 0 Å². The number of hydrogen-bond acceptors (Lipinski definition) is 2. The molecule has 0 saturated carbocycles. The number of rotatable bonds is 2. The van der Waals surface area contributed by atoms with Crippen LogP contribution < -0.4 is 0 Å². The monoisotopic (exact) mass is 258 g/mol. The summed E-state index contributed by atoms with van der Waals surface area (Å²) in [5.41, 5.74) is -0.421. The van der Waals surface area contributed by atoms with E-state index >= 15 is 0 Å². The van der Waals surface area contributed by atoms with Gasteiger partial charge >= 0.3 is 0 Å². The molecular weight excluding hydrogens is 236 g/mol. The molecule has 2 saturated heterocycles. The lowest BCUT2D eigenvalue weighted by Gasteiger charge is -2.31. The predicted octanol–water partition coefficient (Wildman–Crippen LogP) is 1.95. The van der Waals surface area contributed by atoms with E-state index in [1.54, 1.807) is 0 Å². The standard InChI is InChI=1S/C13H23ClN2O/c1-13(2,10-14)12(17)16-8-4-7-15-6-3-5-11(15)9-16/h11H,3-10H2,1-2H3. The van der Waals surface area contributed by atoms with Gasteiger partial charge in [0.15, 0.2) is 0 Å². The van der Waals surface area contributed by atoms with Gasteiger partial charge in [0.05, 0.1) is 5.41 Å². The summed E-state index contributed by atoms with van der Waals surface area (Å²) in [6, 6.07) is 0.590. The minimum Gasteiger partial charge on any atom is -0.341 e. The van der Waals surface area contributed by atoms with Gasteiger partial charge in [-0.25, -0.2) is 0 Å². The van der Waals surface area contributed by atoms with Crippen molar-refractivity contribution < 1.29 is 4.79 Å². The molecule has 1 unspecified atom stereocenters. The van der Waals surface area contributed by atoms with Crippen LogP contribution in [0.3, 0.4) is 0 Å². The highest BCUT2D eigenvalue weighted by molar-refractivity contribution is 6.19. The molecule has 0 aromatic carbocycles. The number of nitrogens with zero attached hydrogens (tertiary/aromatic N) is 2. The number of amides is 1. The fourth-order valence-electron chi connectivity index (χ4n) is 2.88. The Kier molecular flexibility index (Phi) is 3.99. The van der Waals surface area contributed by atoms with E-state index in [-0.39, 0.29) is 5.91 Å². The average Bonchev–Trinajstić information content (AvgIpc) is 2.65. The third kappa shape index (κ3) is 2.76. The zero-order valence-electron chi connectivity index (χ0n) is 10.9. The molecule has 0 aliphatic carbocycles. The number of carbonyl (C=O) groups excluding carboxylic acids is 1. The van der Waals surface area contributed by atoms with Crippen molar-refractivity contribution in [2.45, 2.75) is 39.2 Å². The van der Waals surface area contributed by atoms with Crippen molar-refractivity contribution in [3.63, 3.8) is 0 Å². The lowest BCUT2D eigenvalue weighted by molar-refractivity contribution is -0.139. The van der Waals surface area contributed by atoms with Crippen LogP contribution >= 0.6 is 11.6 Å². The van der Waals surface area contributed by atoms with E-state index in [1.807, 2.05) is 18.7 Å². The summed E-state index contributed by atoms with van der Waals surface area (Å²) in [6.45, 7) is 8.05. The topological polar surface area (TPSA) is 23.6 Å². The van der Waals surface area contributed by atoms with Crippen LogP contribution in [0.1, 0.15) is 33.1 Å². The number of alkyl halides is 1. The molecule has 98 valence electrons. The molecule has 4 heteroatoms. The molecule has 2 fully saturated rings. The zero-order chi connectivity index (χ0) is 12.5. The van der Waals surface area contributed by atoms with Crippen molar-refractivity contribution in [1.82, 2.24) is 9.80 Å². The largest absolute Gasteiger partial charge is 0.341 e. The van der Waals surface area contributed by atoms with Gasteiger partial charge in [0.1, 0.15) is 0 Å². The highest BCUT2D eigenvalue weighted by atomic mass is 35.5. The second kappa shape index (κ2) is 5.15. The summed E-state index contributed by atoms with van der Waals surface area (Å²) in [4.78, 5) is 17.0. The molecule has 1 amide bonds. The van der Waals surface area contributed by atoms with Crippen LogP contribution in [-0.2, 0) is 4.79 Å². The summed E-state index contributed by atoms with van der Waals surface area (Å²) < 4.78 is 0. The molecule has 3 nitrogen and oxygen atoms in total. The van der Waals surface area contributed by atoms with Crippen LogP contribution in [0.2, 0.25) is 0 Å². The van der Waals surface area contributed by atoms with Crippen molar-refractivity contribution >= 4 is 17.5 Å². The fourth-order valence-corrected chi connectivity index (χ4v) is 2.99. The maximum absolute atomic E-state index is 12.4. The zero-order valence-corrected chi connectivity index (χ0v) is 11.7. The van der Waals surface area contributed by atoms with Crippen molar-refractivity contribution in [3.05, 3.63) is 0 Å². The fraction of sp³-hybridized carbons (Fsp3) is 0.923. The highest BCUT2D eigenvalue weighted by Crippen LogP contribution is 2.26. The third-order valence-electron chi connectivity index (χ3n) is 4.00. The summed E-state index contributed by atoms with van der Waals surface area (Å²) >= 11 is 5.90. The highest BCUT2D eigenvalue weighted by Gasteiger charge is 2.35. The van der Waals surface area contributed by atoms with Gasteiger partial charge in [-0.05, 0) is 39.7 Å². The van der Waals surface area contributed by atoms with Crippen LogP contribution in [0.4, 0.5) is 0 Å². The van der Waals surface area contributed by atoms with E-state index in [0.717, 1.165) is 26.1 Å². The van der Waals surface area contributed by atoms with E-state index in [1.165, 1.54) is 19.4 Å². The molecule has 0 aromatic rings. The van der Waals surface area contributed by atoms with Gasteiger partial charge in [-0.3, -0.25) is 9.69 Å². The normalized spacial score (nSPS) is 26.8. The summed E-state index contributed by atoms with van der Waals surface area (Å²) in [7, 11) is 0. The Bertz CT molecular complexity index is 293. The van der Waals surface area contributed by atoms with Crippen LogP contribution in [0.25, 0.3) is 0 Å². The summed E-state index contributed by atoms with van der Waals surface area (Å²) in [5.74, 6) is 0.623. The molecule has 0 N–H and O–H groups in total. The Balaban J connectivity index is 2.03. The van der Waals surface area contributed by atoms with Crippen LogP contribution in [0.5, 0.6) is 0 Å². The Morgan fingerprint density at radius 2 is 2.00 bits per heavy atom. The maximum Gasteiger partial charge on any atom is 0.229 e. The number of halogens is 1. The quantitative estimate of drug-likeness (QED) is 0.707. The summed E-state index contributed by atoms with van der Waals surface area (Å²) in [5, 5.41) is 0. The van der Waals surface area contributed by atoms with Crippen molar-refractivity contribution in [2.24, 2.45) is 5.41 Å². The minimum atomic E-state index is -0.421. The molecule has 2 aliphatic heterocycles. The SMILES string of the molecule is CC(C)(CCl)C(=O)N1CCCN2CCCC2C1. The molecule has 0 spiro atoms. The first-order valence-electron chi connectivity index (χ1n) is 6.64.